The zero-order valence-electron chi connectivity index (χ0n) is 10.6. The average molecular weight is 232 g/mol. The maximum absolute atomic E-state index is 4.35. The highest BCUT2D eigenvalue weighted by atomic mass is 15.3. The summed E-state index contributed by atoms with van der Waals surface area (Å²) >= 11 is 0. The number of anilines is 1. The van der Waals surface area contributed by atoms with E-state index < -0.39 is 0 Å². The van der Waals surface area contributed by atoms with Crippen LogP contribution in [0.3, 0.4) is 0 Å². The van der Waals surface area contributed by atoms with Crippen LogP contribution in [0.15, 0.2) is 12.3 Å². The van der Waals surface area contributed by atoms with Crippen molar-refractivity contribution in [3.05, 3.63) is 17.8 Å². The van der Waals surface area contributed by atoms with Crippen LogP contribution in [0.2, 0.25) is 0 Å². The smallest absolute Gasteiger partial charge is 0.155 e. The summed E-state index contributed by atoms with van der Waals surface area (Å²) in [6.45, 7) is 4.68. The number of hydrogen-bond donors (Lipinski definition) is 0. The highest BCUT2D eigenvalue weighted by molar-refractivity contribution is 5.53. The molecule has 2 atom stereocenters. The highest BCUT2D eigenvalue weighted by Gasteiger charge is 2.34. The van der Waals surface area contributed by atoms with Gasteiger partial charge >= 0.3 is 0 Å². The second-order valence-electron chi connectivity index (χ2n) is 5.40. The van der Waals surface area contributed by atoms with Gasteiger partial charge in [0.05, 0.1) is 6.20 Å². The Hall–Kier alpha value is -1.16. The van der Waals surface area contributed by atoms with Crippen LogP contribution in [0, 0.1) is 0 Å². The molecule has 2 aliphatic heterocycles. The molecule has 1 fully saturated rings. The van der Waals surface area contributed by atoms with Gasteiger partial charge in [0.15, 0.2) is 5.82 Å². The Labute approximate surface area is 103 Å². The van der Waals surface area contributed by atoms with Crippen molar-refractivity contribution in [1.29, 1.82) is 0 Å². The molecule has 1 aromatic rings. The van der Waals surface area contributed by atoms with Crippen LogP contribution >= 0.6 is 0 Å². The van der Waals surface area contributed by atoms with Gasteiger partial charge in [-0.2, -0.15) is 5.10 Å². The van der Waals surface area contributed by atoms with E-state index in [0.717, 1.165) is 18.8 Å². The third kappa shape index (κ3) is 1.90. The second-order valence-corrected chi connectivity index (χ2v) is 5.40. The number of likely N-dealkylation sites (tertiary alicyclic amines) is 1. The summed E-state index contributed by atoms with van der Waals surface area (Å²) < 4.78 is 0. The van der Waals surface area contributed by atoms with Crippen LogP contribution in [0.1, 0.15) is 25.3 Å². The molecule has 2 aliphatic rings. The summed E-state index contributed by atoms with van der Waals surface area (Å²) in [6, 6.07) is 3.30. The molecule has 0 N–H and O–H groups in total. The summed E-state index contributed by atoms with van der Waals surface area (Å²) in [5.74, 6) is 1.13. The van der Waals surface area contributed by atoms with E-state index in [1.165, 1.54) is 24.9 Å². The number of nitrogens with zero attached hydrogens (tertiary/aromatic N) is 4. The van der Waals surface area contributed by atoms with Crippen LogP contribution in [0.4, 0.5) is 5.82 Å². The molecule has 1 aromatic heterocycles. The van der Waals surface area contributed by atoms with Gasteiger partial charge in [-0.05, 0) is 45.8 Å². The first-order valence-corrected chi connectivity index (χ1v) is 6.53. The molecule has 0 aromatic carbocycles. The van der Waals surface area contributed by atoms with E-state index in [-0.39, 0.29) is 0 Å². The summed E-state index contributed by atoms with van der Waals surface area (Å²) in [7, 11) is 2.21. The Morgan fingerprint density at radius 3 is 3.12 bits per heavy atom. The van der Waals surface area contributed by atoms with Gasteiger partial charge in [-0.3, -0.25) is 0 Å². The Balaban J connectivity index is 1.87. The van der Waals surface area contributed by atoms with Crippen molar-refractivity contribution >= 4 is 5.82 Å². The molecule has 4 nitrogen and oxygen atoms in total. The number of rotatable bonds is 1. The largest absolute Gasteiger partial charge is 0.348 e. The Bertz CT molecular complexity index is 406. The Kier molecular flexibility index (Phi) is 2.74. The molecular weight excluding hydrogens is 212 g/mol. The summed E-state index contributed by atoms with van der Waals surface area (Å²) in [6.07, 6.45) is 5.50. The third-order valence-corrected chi connectivity index (χ3v) is 4.01. The molecule has 0 amide bonds. The van der Waals surface area contributed by atoms with Gasteiger partial charge < -0.3 is 9.80 Å². The van der Waals surface area contributed by atoms with Gasteiger partial charge in [-0.15, -0.1) is 5.10 Å². The second kappa shape index (κ2) is 4.26. The monoisotopic (exact) mass is 232 g/mol. The summed E-state index contributed by atoms with van der Waals surface area (Å²) in [4.78, 5) is 4.92. The quantitative estimate of drug-likeness (QED) is 0.731. The van der Waals surface area contributed by atoms with Crippen molar-refractivity contribution in [2.75, 3.05) is 25.0 Å². The number of likely N-dealkylation sites (N-methyl/N-ethyl adjacent to an activating group) is 1. The summed E-state index contributed by atoms with van der Waals surface area (Å²) in [5.41, 5.74) is 1.36. The fourth-order valence-electron chi connectivity index (χ4n) is 3.25. The first-order chi connectivity index (χ1) is 8.25. The van der Waals surface area contributed by atoms with Gasteiger partial charge in [0.2, 0.25) is 0 Å². The molecule has 0 bridgehead atoms. The van der Waals surface area contributed by atoms with Gasteiger partial charge in [0.1, 0.15) is 0 Å². The molecule has 4 heteroatoms. The molecule has 0 spiro atoms. The SMILES string of the molecule is CC1Cc2ccnnc2N1[C@@H]1CCCN(C)C1. The average Bonchev–Trinajstić information content (AvgIpc) is 2.64. The van der Waals surface area contributed by atoms with E-state index in [1.807, 2.05) is 6.20 Å². The van der Waals surface area contributed by atoms with Crippen molar-refractivity contribution < 1.29 is 0 Å². The van der Waals surface area contributed by atoms with E-state index in [4.69, 9.17) is 0 Å². The van der Waals surface area contributed by atoms with Gasteiger partial charge in [-0.1, -0.05) is 0 Å². The Morgan fingerprint density at radius 1 is 1.41 bits per heavy atom. The maximum atomic E-state index is 4.35. The fourth-order valence-corrected chi connectivity index (χ4v) is 3.25. The standard InChI is InChI=1S/C13H20N4/c1-10-8-11-5-6-14-15-13(11)17(10)12-4-3-7-16(2)9-12/h5-6,10,12H,3-4,7-9H2,1-2H3/t10?,12-/m1/s1. The fraction of sp³-hybridized carbons (Fsp3) is 0.692. The first-order valence-electron chi connectivity index (χ1n) is 6.53. The third-order valence-electron chi connectivity index (χ3n) is 4.01. The van der Waals surface area contributed by atoms with Crippen LogP contribution in [-0.4, -0.2) is 47.3 Å². The van der Waals surface area contributed by atoms with E-state index >= 15 is 0 Å². The number of hydrogen-bond acceptors (Lipinski definition) is 4. The molecule has 92 valence electrons. The molecule has 0 aliphatic carbocycles. The molecule has 0 saturated carbocycles. The zero-order valence-corrected chi connectivity index (χ0v) is 10.6. The van der Waals surface area contributed by atoms with Crippen molar-refractivity contribution in [3.8, 4) is 0 Å². The van der Waals surface area contributed by atoms with Crippen molar-refractivity contribution in [2.45, 2.75) is 38.3 Å². The number of aromatic nitrogens is 2. The molecule has 1 saturated heterocycles. The molecule has 3 rings (SSSR count). The summed E-state index contributed by atoms with van der Waals surface area (Å²) in [5, 5.41) is 8.40. The molecule has 1 unspecified atom stereocenters. The predicted molar refractivity (Wildman–Crippen MR) is 68.2 cm³/mol. The van der Waals surface area contributed by atoms with Crippen molar-refractivity contribution in [3.63, 3.8) is 0 Å². The number of piperidine rings is 1. The lowest BCUT2D eigenvalue weighted by molar-refractivity contribution is 0.240. The van der Waals surface area contributed by atoms with Crippen LogP contribution < -0.4 is 4.90 Å². The minimum atomic E-state index is 0.568. The Morgan fingerprint density at radius 2 is 2.29 bits per heavy atom. The van der Waals surface area contributed by atoms with E-state index in [2.05, 4.69) is 40.0 Å². The molecule has 17 heavy (non-hydrogen) atoms. The lowest BCUT2D eigenvalue weighted by Gasteiger charge is -2.39. The topological polar surface area (TPSA) is 32.3 Å². The van der Waals surface area contributed by atoms with Gasteiger partial charge in [0.25, 0.3) is 0 Å². The zero-order chi connectivity index (χ0) is 11.8. The van der Waals surface area contributed by atoms with E-state index in [1.54, 1.807) is 0 Å². The minimum Gasteiger partial charge on any atom is -0.348 e. The van der Waals surface area contributed by atoms with Gasteiger partial charge in [-0.25, -0.2) is 0 Å². The van der Waals surface area contributed by atoms with E-state index in [9.17, 15) is 0 Å². The van der Waals surface area contributed by atoms with Crippen LogP contribution in [0.25, 0.3) is 0 Å². The highest BCUT2D eigenvalue weighted by Crippen LogP contribution is 2.33. The normalized spacial score (nSPS) is 29.4. The maximum Gasteiger partial charge on any atom is 0.155 e. The van der Waals surface area contributed by atoms with Gasteiger partial charge in [0, 0.05) is 24.2 Å². The van der Waals surface area contributed by atoms with E-state index in [0.29, 0.717) is 12.1 Å². The minimum absolute atomic E-state index is 0.568. The van der Waals surface area contributed by atoms with Crippen LogP contribution in [0.5, 0.6) is 0 Å². The molecule has 0 radical (unpaired) electrons. The first kappa shape index (κ1) is 11.0. The molecular formula is C13H20N4. The lowest BCUT2D eigenvalue weighted by Crippen LogP contribution is -2.49. The van der Waals surface area contributed by atoms with Crippen molar-refractivity contribution in [2.24, 2.45) is 0 Å². The van der Waals surface area contributed by atoms with Crippen molar-refractivity contribution in [1.82, 2.24) is 15.1 Å². The number of fused-ring (bicyclic) bond motifs is 1. The lowest BCUT2D eigenvalue weighted by atomic mass is 10.0. The predicted octanol–water partition coefficient (Wildman–Crippen LogP) is 1.32. The molecule has 3 heterocycles. The van der Waals surface area contributed by atoms with Crippen LogP contribution in [-0.2, 0) is 6.42 Å².